The summed E-state index contributed by atoms with van der Waals surface area (Å²) in [4.78, 5) is 37.9. The van der Waals surface area contributed by atoms with Gasteiger partial charge in [-0.3, -0.25) is 14.4 Å². The van der Waals surface area contributed by atoms with Gasteiger partial charge in [-0.1, -0.05) is 200 Å². The Morgan fingerprint density at radius 1 is 0.349 bits per heavy atom. The van der Waals surface area contributed by atoms with Crippen LogP contribution in [0, 0.1) is 0 Å². The lowest BCUT2D eigenvalue weighted by molar-refractivity contribution is -0.166. The smallest absolute Gasteiger partial charge is 0.306 e. The van der Waals surface area contributed by atoms with Crippen LogP contribution >= 0.6 is 0 Å². The Kier molecular flexibility index (Phi) is 47.1. The summed E-state index contributed by atoms with van der Waals surface area (Å²) >= 11 is 0. The SMILES string of the molecule is CC/C=C/C=C/C=C/CCCCCCCC(=O)OC(COC(=O)CC/C=C/C/C=C/CCCCCCCC)COC(=O)CCCCC/C=C/C/C=C/C/C=C/C/C=C/C/C=C/CC. The van der Waals surface area contributed by atoms with Crippen LogP contribution in [0.25, 0.3) is 0 Å². The predicted molar refractivity (Wildman–Crippen MR) is 269 cm³/mol. The fourth-order valence-corrected chi connectivity index (χ4v) is 6.28. The first-order valence-corrected chi connectivity index (χ1v) is 25.1. The van der Waals surface area contributed by atoms with E-state index in [1.807, 2.05) is 12.2 Å². The molecule has 6 nitrogen and oxygen atoms in total. The highest BCUT2D eigenvalue weighted by Crippen LogP contribution is 2.12. The molecule has 0 amide bonds. The molecule has 0 saturated heterocycles. The number of ether oxygens (including phenoxy) is 3. The van der Waals surface area contributed by atoms with Gasteiger partial charge in [-0.2, -0.15) is 0 Å². The first-order chi connectivity index (χ1) is 31.0. The van der Waals surface area contributed by atoms with Gasteiger partial charge in [0.25, 0.3) is 0 Å². The van der Waals surface area contributed by atoms with E-state index in [0.717, 1.165) is 116 Å². The van der Waals surface area contributed by atoms with Crippen LogP contribution in [0.4, 0.5) is 0 Å². The Balaban J connectivity index is 4.54. The van der Waals surface area contributed by atoms with E-state index >= 15 is 0 Å². The number of hydrogen-bond donors (Lipinski definition) is 0. The second-order valence-electron chi connectivity index (χ2n) is 16.0. The fraction of sp³-hybridized carbons (Fsp3) is 0.596. The molecule has 0 aliphatic rings. The monoisotopic (exact) mass is 871 g/mol. The summed E-state index contributed by atoms with van der Waals surface area (Å²) in [5, 5.41) is 0. The number of rotatable bonds is 43. The Morgan fingerprint density at radius 2 is 0.730 bits per heavy atom. The van der Waals surface area contributed by atoms with E-state index in [9.17, 15) is 14.4 Å². The highest BCUT2D eigenvalue weighted by atomic mass is 16.6. The van der Waals surface area contributed by atoms with Crippen molar-refractivity contribution in [2.75, 3.05) is 13.2 Å². The maximum atomic E-state index is 12.8. The number of esters is 3. The van der Waals surface area contributed by atoms with Crippen molar-refractivity contribution in [3.63, 3.8) is 0 Å². The van der Waals surface area contributed by atoms with E-state index < -0.39 is 6.10 Å². The van der Waals surface area contributed by atoms with Crippen molar-refractivity contribution in [3.8, 4) is 0 Å². The van der Waals surface area contributed by atoms with Gasteiger partial charge in [-0.15, -0.1) is 0 Å². The van der Waals surface area contributed by atoms with E-state index in [1.165, 1.54) is 38.5 Å². The quantitative estimate of drug-likeness (QED) is 0.0200. The minimum absolute atomic E-state index is 0.125. The van der Waals surface area contributed by atoms with Crippen molar-refractivity contribution >= 4 is 17.9 Å². The van der Waals surface area contributed by atoms with E-state index in [4.69, 9.17) is 14.2 Å². The van der Waals surface area contributed by atoms with Gasteiger partial charge in [0.15, 0.2) is 6.10 Å². The number of unbranched alkanes of at least 4 members (excludes halogenated alkanes) is 14. The average molecular weight is 871 g/mol. The lowest BCUT2D eigenvalue weighted by Crippen LogP contribution is -2.30. The number of hydrogen-bond acceptors (Lipinski definition) is 6. The molecule has 6 heteroatoms. The van der Waals surface area contributed by atoms with Gasteiger partial charge >= 0.3 is 17.9 Å². The molecule has 0 bridgehead atoms. The van der Waals surface area contributed by atoms with Crippen LogP contribution in [0.15, 0.2) is 122 Å². The third-order valence-corrected chi connectivity index (χ3v) is 10.0. The lowest BCUT2D eigenvalue weighted by Gasteiger charge is -2.18. The standard InChI is InChI=1S/C57H90O6/c1-4-7-10-13-16-19-22-25-26-27-28-29-30-33-35-38-41-44-47-50-56(59)62-53-54(63-57(60)51-48-45-42-39-36-32-24-21-18-15-12-9-6-3)52-61-55(58)49-46-43-40-37-34-31-23-20-17-14-11-8-5-2/h7,9-10,12,15-16,18-19,21,24-26,28-29,31,33-35,40,43,54H,4-6,8,11,13-14,17,20,22-23,27,30,32,36-39,41-42,44-53H2,1-3H3/b10-7+,12-9+,18-15+,19-16+,24-21+,26-25+,29-28+,34-31+,35-33+,43-40+. The van der Waals surface area contributed by atoms with E-state index in [2.05, 4.69) is 130 Å². The third kappa shape index (κ3) is 48.7. The van der Waals surface area contributed by atoms with Gasteiger partial charge in [-0.25, -0.2) is 0 Å². The number of carbonyl (C=O) groups excluding carboxylic acids is 3. The molecular formula is C57H90O6. The van der Waals surface area contributed by atoms with E-state index in [-0.39, 0.29) is 44.0 Å². The van der Waals surface area contributed by atoms with Crippen LogP contribution in [0.5, 0.6) is 0 Å². The normalized spacial score (nSPS) is 13.1. The van der Waals surface area contributed by atoms with Gasteiger partial charge in [0, 0.05) is 19.3 Å². The first-order valence-electron chi connectivity index (χ1n) is 25.1. The second kappa shape index (κ2) is 50.5. The molecule has 1 atom stereocenters. The fourth-order valence-electron chi connectivity index (χ4n) is 6.28. The summed E-state index contributed by atoms with van der Waals surface area (Å²) in [6.45, 7) is 6.26. The minimum atomic E-state index is -0.827. The molecule has 0 N–H and O–H groups in total. The highest BCUT2D eigenvalue weighted by molar-refractivity contribution is 5.71. The van der Waals surface area contributed by atoms with Crippen molar-refractivity contribution in [3.05, 3.63) is 122 Å². The van der Waals surface area contributed by atoms with Crippen molar-refractivity contribution in [1.29, 1.82) is 0 Å². The van der Waals surface area contributed by atoms with Crippen LogP contribution < -0.4 is 0 Å². The molecule has 0 fully saturated rings. The molecule has 63 heavy (non-hydrogen) atoms. The van der Waals surface area contributed by atoms with Crippen LogP contribution in [0.3, 0.4) is 0 Å². The molecule has 0 spiro atoms. The zero-order valence-corrected chi connectivity index (χ0v) is 40.3. The molecule has 0 aromatic rings. The van der Waals surface area contributed by atoms with Gasteiger partial charge < -0.3 is 14.2 Å². The van der Waals surface area contributed by atoms with Gasteiger partial charge in [0.2, 0.25) is 0 Å². The first kappa shape index (κ1) is 58.8. The summed E-state index contributed by atoms with van der Waals surface area (Å²) in [7, 11) is 0. The number of carbonyl (C=O) groups is 3. The van der Waals surface area contributed by atoms with Crippen molar-refractivity contribution < 1.29 is 28.6 Å². The average Bonchev–Trinajstić information content (AvgIpc) is 3.28. The Hall–Kier alpha value is -4.19. The molecule has 1 unspecified atom stereocenters. The Bertz CT molecular complexity index is 1370. The minimum Gasteiger partial charge on any atom is -0.462 e. The number of allylic oxidation sites excluding steroid dienone is 20. The zero-order valence-electron chi connectivity index (χ0n) is 40.3. The summed E-state index contributed by atoms with van der Waals surface area (Å²) < 4.78 is 16.7. The Labute approximate surface area is 386 Å². The van der Waals surface area contributed by atoms with Crippen LogP contribution in [-0.2, 0) is 28.6 Å². The third-order valence-electron chi connectivity index (χ3n) is 10.0. The predicted octanol–water partition coefficient (Wildman–Crippen LogP) is 16.5. The second-order valence-corrected chi connectivity index (χ2v) is 16.0. The molecule has 0 radical (unpaired) electrons. The van der Waals surface area contributed by atoms with Crippen LogP contribution in [0.1, 0.15) is 201 Å². The molecule has 0 heterocycles. The summed E-state index contributed by atoms with van der Waals surface area (Å²) in [6, 6.07) is 0. The van der Waals surface area contributed by atoms with Crippen molar-refractivity contribution in [2.45, 2.75) is 207 Å². The summed E-state index contributed by atoms with van der Waals surface area (Å²) in [5.74, 6) is -1.05. The maximum Gasteiger partial charge on any atom is 0.306 e. The van der Waals surface area contributed by atoms with Crippen molar-refractivity contribution in [2.24, 2.45) is 0 Å². The van der Waals surface area contributed by atoms with Gasteiger partial charge in [-0.05, 0) is 103 Å². The molecular weight excluding hydrogens is 781 g/mol. The molecule has 0 aromatic carbocycles. The molecule has 0 aliphatic carbocycles. The van der Waals surface area contributed by atoms with Crippen molar-refractivity contribution in [1.82, 2.24) is 0 Å². The zero-order chi connectivity index (χ0) is 45.8. The molecule has 0 saturated carbocycles. The topological polar surface area (TPSA) is 78.9 Å². The largest absolute Gasteiger partial charge is 0.462 e. The van der Waals surface area contributed by atoms with Gasteiger partial charge in [0.05, 0.1) is 0 Å². The van der Waals surface area contributed by atoms with Crippen LogP contribution in [-0.4, -0.2) is 37.2 Å². The molecule has 0 aliphatic heterocycles. The van der Waals surface area contributed by atoms with Crippen LogP contribution in [0.2, 0.25) is 0 Å². The molecule has 0 aromatic heterocycles. The summed E-state index contributed by atoms with van der Waals surface area (Å²) in [6.07, 6.45) is 69.1. The molecule has 0 rings (SSSR count). The lowest BCUT2D eigenvalue weighted by atomic mass is 10.1. The van der Waals surface area contributed by atoms with E-state index in [0.29, 0.717) is 12.8 Å². The summed E-state index contributed by atoms with van der Waals surface area (Å²) in [5.41, 5.74) is 0. The molecule has 354 valence electrons. The Morgan fingerprint density at radius 3 is 1.25 bits per heavy atom. The van der Waals surface area contributed by atoms with Gasteiger partial charge in [0.1, 0.15) is 13.2 Å². The maximum absolute atomic E-state index is 12.8. The van der Waals surface area contributed by atoms with E-state index in [1.54, 1.807) is 0 Å². The highest BCUT2D eigenvalue weighted by Gasteiger charge is 2.19.